The van der Waals surface area contributed by atoms with Gasteiger partial charge >= 0.3 is 5.97 Å². The molecular weight excluding hydrogens is 176 g/mol. The van der Waals surface area contributed by atoms with Gasteiger partial charge in [0.1, 0.15) is 23.8 Å². The summed E-state index contributed by atoms with van der Waals surface area (Å²) in [7, 11) is 0. The lowest BCUT2D eigenvalue weighted by Gasteiger charge is -2.02. The van der Waals surface area contributed by atoms with Crippen LogP contribution in [0.2, 0.25) is 0 Å². The second-order valence-corrected chi connectivity index (χ2v) is 2.00. The van der Waals surface area contributed by atoms with Crippen molar-refractivity contribution in [1.82, 2.24) is 4.91 Å². The highest BCUT2D eigenvalue weighted by Crippen LogP contribution is 1.79. The van der Waals surface area contributed by atoms with Crippen molar-refractivity contribution in [2.75, 3.05) is 32.9 Å². The van der Waals surface area contributed by atoms with Gasteiger partial charge in [0, 0.05) is 0 Å². The Morgan fingerprint density at radius 3 is 2.85 bits per heavy atom. The zero-order chi connectivity index (χ0) is 9.94. The molecule has 7 heteroatoms. The van der Waals surface area contributed by atoms with Crippen molar-refractivity contribution in [1.29, 1.82) is 5.53 Å². The number of nitrogens with two attached hydrogens (primary N) is 1. The highest BCUT2D eigenvalue weighted by molar-refractivity contribution is 5.71. The maximum absolute atomic E-state index is 10.5. The molecule has 0 aliphatic rings. The summed E-state index contributed by atoms with van der Waals surface area (Å²) in [4.78, 5) is 13.3. The van der Waals surface area contributed by atoms with Gasteiger partial charge < -0.3 is 15.2 Å². The van der Waals surface area contributed by atoms with E-state index in [2.05, 4.69) is 14.8 Å². The van der Waals surface area contributed by atoms with E-state index >= 15 is 0 Å². The molecule has 0 saturated carbocycles. The van der Waals surface area contributed by atoms with Crippen molar-refractivity contribution < 1.29 is 14.3 Å². The van der Waals surface area contributed by atoms with Crippen molar-refractivity contribution in [3.8, 4) is 0 Å². The Kier molecular flexibility index (Phi) is 7.91. The molecule has 0 aromatic rings. The first kappa shape index (κ1) is 11.7. The molecule has 0 unspecified atom stereocenters. The van der Waals surface area contributed by atoms with Crippen molar-refractivity contribution >= 4 is 5.97 Å². The van der Waals surface area contributed by atoms with E-state index in [0.717, 1.165) is 0 Å². The van der Waals surface area contributed by atoms with Crippen LogP contribution in [0.1, 0.15) is 0 Å². The van der Waals surface area contributed by atoms with Crippen LogP contribution in [0.15, 0.2) is 5.11 Å². The summed E-state index contributed by atoms with van der Waals surface area (Å²) < 4.78 is 9.59. The number of hydrogen-bond donors (Lipinski definition) is 2. The van der Waals surface area contributed by atoms with E-state index in [1.165, 1.54) is 0 Å². The van der Waals surface area contributed by atoms with Gasteiger partial charge in [0.2, 0.25) is 4.91 Å². The zero-order valence-electron chi connectivity index (χ0n) is 7.23. The minimum atomic E-state index is -0.450. The quantitative estimate of drug-likeness (QED) is 0.233. The van der Waals surface area contributed by atoms with Crippen molar-refractivity contribution in [2.24, 2.45) is 10.8 Å². The fraction of sp³-hybridized carbons (Fsp3) is 0.833. The molecule has 0 bridgehead atoms. The Balaban J connectivity index is 3.08. The summed E-state index contributed by atoms with van der Waals surface area (Å²) in [6.07, 6.45) is 0. The molecule has 13 heavy (non-hydrogen) atoms. The average molecular weight is 189 g/mol. The van der Waals surface area contributed by atoms with Crippen LogP contribution in [0.5, 0.6) is 0 Å². The van der Waals surface area contributed by atoms with Crippen LogP contribution in [0.4, 0.5) is 0 Å². The van der Waals surface area contributed by atoms with Gasteiger partial charge in [0.25, 0.3) is 0 Å². The van der Waals surface area contributed by atoms with Gasteiger partial charge in [0.05, 0.1) is 19.8 Å². The molecular formula is C6H13N4O3+. The normalized spacial score (nSPS) is 9.00. The fourth-order valence-electron chi connectivity index (χ4n) is 0.531. The summed E-state index contributed by atoms with van der Waals surface area (Å²) in [5.41, 5.74) is 11.3. The molecule has 0 aromatic carbocycles. The van der Waals surface area contributed by atoms with E-state index in [0.29, 0.717) is 19.8 Å². The topological polar surface area (TPSA) is 112 Å². The smallest absolute Gasteiger partial charge is 0.319 e. The molecule has 3 N–H and O–H groups in total. The van der Waals surface area contributed by atoms with Gasteiger partial charge in [-0.05, 0) is 0 Å². The lowest BCUT2D eigenvalue weighted by Crippen LogP contribution is -2.19. The molecule has 0 fully saturated rings. The minimum Gasteiger partial charge on any atom is -0.462 e. The summed E-state index contributed by atoms with van der Waals surface area (Å²) >= 11 is 0. The van der Waals surface area contributed by atoms with Crippen molar-refractivity contribution in [2.45, 2.75) is 0 Å². The standard InChI is InChI=1S/C6H13N4O3/c7-5-6(11)13-4-3-12-2-1-9-10-8/h8H,1-5,7H2/q+1. The molecule has 0 amide bonds. The number of carbonyl (C=O) groups excluding carboxylic acids is 1. The van der Waals surface area contributed by atoms with E-state index in [4.69, 9.17) is 16.0 Å². The number of esters is 1. The van der Waals surface area contributed by atoms with Crippen LogP contribution >= 0.6 is 0 Å². The molecule has 7 nitrogen and oxygen atoms in total. The number of rotatable bonds is 7. The van der Waals surface area contributed by atoms with E-state index in [1.54, 1.807) is 0 Å². The van der Waals surface area contributed by atoms with Crippen molar-refractivity contribution in [3.63, 3.8) is 0 Å². The molecule has 0 aliphatic carbocycles. The first-order valence-electron chi connectivity index (χ1n) is 3.78. The Morgan fingerprint density at radius 1 is 1.46 bits per heavy atom. The van der Waals surface area contributed by atoms with Crippen molar-refractivity contribution in [3.05, 3.63) is 0 Å². The number of nitrogens with one attached hydrogen (secondary N) is 1. The fourth-order valence-corrected chi connectivity index (χ4v) is 0.531. The zero-order valence-corrected chi connectivity index (χ0v) is 7.23. The third-order valence-electron chi connectivity index (χ3n) is 1.06. The summed E-state index contributed by atoms with van der Waals surface area (Å²) in [5.74, 6) is -0.450. The molecule has 0 rings (SSSR count). The second kappa shape index (κ2) is 8.79. The lowest BCUT2D eigenvalue weighted by molar-refractivity contribution is -0.143. The SMILES string of the molecule is N=[N+]=NCCOCCOC(=O)CN. The monoisotopic (exact) mass is 189 g/mol. The van der Waals surface area contributed by atoms with Crippen LogP contribution < -0.4 is 10.6 Å². The van der Waals surface area contributed by atoms with Crippen LogP contribution in [-0.4, -0.2) is 38.9 Å². The van der Waals surface area contributed by atoms with Gasteiger partial charge in [-0.3, -0.25) is 4.79 Å². The molecule has 0 aromatic heterocycles. The predicted molar refractivity (Wildman–Crippen MR) is 43.0 cm³/mol. The highest BCUT2D eigenvalue weighted by Gasteiger charge is 1.97. The highest BCUT2D eigenvalue weighted by atomic mass is 16.6. The molecule has 0 aliphatic heterocycles. The van der Waals surface area contributed by atoms with Gasteiger partial charge in [-0.1, -0.05) is 0 Å². The molecule has 74 valence electrons. The first-order chi connectivity index (χ1) is 6.31. The third kappa shape index (κ3) is 8.61. The third-order valence-corrected chi connectivity index (χ3v) is 1.06. The predicted octanol–water partition coefficient (Wildman–Crippen LogP) is -0.945. The lowest BCUT2D eigenvalue weighted by atomic mass is 10.6. The molecule has 0 heterocycles. The van der Waals surface area contributed by atoms with Gasteiger partial charge in [-0.2, -0.15) is 0 Å². The number of ether oxygens (including phenoxy) is 2. The Morgan fingerprint density at radius 2 is 2.23 bits per heavy atom. The Bertz CT molecular complexity index is 190. The molecule has 0 saturated heterocycles. The van der Waals surface area contributed by atoms with Gasteiger partial charge in [0.15, 0.2) is 0 Å². The average Bonchev–Trinajstić information content (AvgIpc) is 2.16. The maximum atomic E-state index is 10.5. The van der Waals surface area contributed by atoms with Gasteiger partial charge in [-0.15, -0.1) is 0 Å². The van der Waals surface area contributed by atoms with Crippen LogP contribution in [0, 0.1) is 5.53 Å². The maximum Gasteiger partial charge on any atom is 0.319 e. The first-order valence-corrected chi connectivity index (χ1v) is 3.78. The second-order valence-electron chi connectivity index (χ2n) is 2.00. The summed E-state index contributed by atoms with van der Waals surface area (Å²) in [6, 6.07) is 0. The van der Waals surface area contributed by atoms with E-state index in [9.17, 15) is 4.79 Å². The Labute approximate surface area is 75.4 Å². The van der Waals surface area contributed by atoms with Crippen LogP contribution in [-0.2, 0) is 14.3 Å². The number of carbonyl (C=O) groups is 1. The van der Waals surface area contributed by atoms with E-state index in [-0.39, 0.29) is 13.2 Å². The van der Waals surface area contributed by atoms with E-state index in [1.807, 2.05) is 0 Å². The summed E-state index contributed by atoms with van der Waals surface area (Å²) in [6.45, 7) is 1.08. The molecule has 0 atom stereocenters. The number of nitrogens with zero attached hydrogens (tertiary/aromatic N) is 2. The van der Waals surface area contributed by atoms with Crippen LogP contribution in [0.3, 0.4) is 0 Å². The van der Waals surface area contributed by atoms with Crippen LogP contribution in [0.25, 0.3) is 0 Å². The molecule has 0 radical (unpaired) electrons. The van der Waals surface area contributed by atoms with Gasteiger partial charge in [-0.25, -0.2) is 0 Å². The van der Waals surface area contributed by atoms with E-state index < -0.39 is 5.97 Å². The number of hydrogen-bond acceptors (Lipinski definition) is 6. The minimum absolute atomic E-state index is 0.118. The molecule has 0 spiro atoms. The Hall–Kier alpha value is -1.30. The summed E-state index contributed by atoms with van der Waals surface area (Å²) in [5, 5.41) is 3.36. The largest absolute Gasteiger partial charge is 0.462 e.